The number of pyridine rings is 1. The van der Waals surface area contributed by atoms with Crippen LogP contribution in [-0.2, 0) is 9.84 Å². The number of nitrogens with one attached hydrogen (secondary N) is 1. The third-order valence-electron chi connectivity index (χ3n) is 7.88. The Labute approximate surface area is 224 Å². The van der Waals surface area contributed by atoms with Crippen LogP contribution >= 0.6 is 0 Å². The van der Waals surface area contributed by atoms with Gasteiger partial charge in [-0.1, -0.05) is 41.5 Å². The minimum atomic E-state index is -3.68. The van der Waals surface area contributed by atoms with Crippen LogP contribution in [0.4, 0.5) is 11.8 Å². The maximum atomic E-state index is 13.0. The first-order valence-electron chi connectivity index (χ1n) is 12.8. The quantitative estimate of drug-likeness (QED) is 0.338. The SMILES string of the molecule is CS(=O)(=O)c1c([C@H]2C[C@H]3CC[C@@H](C2)N3c2nnn[nH]2)nc2c(-c3ccc(-c4ccccc4)nc3)cnn2c1N. The Kier molecular flexibility index (Phi) is 5.37. The van der Waals surface area contributed by atoms with Crippen molar-refractivity contribution in [3.63, 3.8) is 0 Å². The van der Waals surface area contributed by atoms with Gasteiger partial charge in [0.15, 0.2) is 15.5 Å². The Morgan fingerprint density at radius 1 is 1.00 bits per heavy atom. The molecule has 7 rings (SSSR count). The maximum absolute atomic E-state index is 13.0. The summed E-state index contributed by atoms with van der Waals surface area (Å²) in [5.74, 6) is 0.636. The van der Waals surface area contributed by atoms with Gasteiger partial charge in [0.1, 0.15) is 10.7 Å². The molecule has 4 aromatic heterocycles. The number of aromatic amines is 1. The summed E-state index contributed by atoms with van der Waals surface area (Å²) in [5.41, 5.74) is 11.0. The molecular weight excluding hydrogens is 516 g/mol. The molecule has 6 heterocycles. The number of fused-ring (bicyclic) bond motifs is 3. The second-order valence-corrected chi connectivity index (χ2v) is 12.2. The predicted octanol–water partition coefficient (Wildman–Crippen LogP) is 2.87. The molecule has 2 aliphatic rings. The first-order chi connectivity index (χ1) is 18.9. The van der Waals surface area contributed by atoms with Gasteiger partial charge in [-0.15, -0.1) is 0 Å². The number of hydrogen-bond acceptors (Lipinski definition) is 10. The fraction of sp³-hybridized carbons (Fsp3) is 0.308. The Balaban J connectivity index is 1.31. The van der Waals surface area contributed by atoms with Gasteiger partial charge >= 0.3 is 0 Å². The molecule has 0 aliphatic carbocycles. The van der Waals surface area contributed by atoms with Gasteiger partial charge in [-0.2, -0.15) is 9.61 Å². The number of H-pyrrole nitrogens is 1. The lowest BCUT2D eigenvalue weighted by Gasteiger charge is -2.38. The molecule has 1 aromatic carbocycles. The summed E-state index contributed by atoms with van der Waals surface area (Å²) in [4.78, 5) is 11.9. The van der Waals surface area contributed by atoms with Crippen molar-refractivity contribution >= 4 is 27.3 Å². The average molecular weight is 543 g/mol. The second-order valence-electron chi connectivity index (χ2n) is 10.3. The Morgan fingerprint density at radius 2 is 1.77 bits per heavy atom. The molecule has 13 heteroatoms. The van der Waals surface area contributed by atoms with Gasteiger partial charge in [-0.3, -0.25) is 4.98 Å². The third-order valence-corrected chi connectivity index (χ3v) is 9.04. The second kappa shape index (κ2) is 8.83. The zero-order valence-corrected chi connectivity index (χ0v) is 22.0. The van der Waals surface area contributed by atoms with Gasteiger partial charge in [0, 0.05) is 47.1 Å². The highest BCUT2D eigenvalue weighted by molar-refractivity contribution is 7.91. The Bertz CT molecular complexity index is 1760. The van der Waals surface area contributed by atoms with E-state index in [9.17, 15) is 8.42 Å². The number of tetrazole rings is 1. The van der Waals surface area contributed by atoms with Crippen LogP contribution in [0.5, 0.6) is 0 Å². The molecule has 3 N–H and O–H groups in total. The summed E-state index contributed by atoms with van der Waals surface area (Å²) >= 11 is 0. The number of benzene rings is 1. The fourth-order valence-electron chi connectivity index (χ4n) is 6.22. The minimum absolute atomic E-state index is 0.0568. The number of nitrogens with two attached hydrogens (primary N) is 1. The van der Waals surface area contributed by atoms with E-state index in [4.69, 9.17) is 10.7 Å². The molecule has 2 saturated heterocycles. The molecule has 2 bridgehead atoms. The van der Waals surface area contributed by atoms with E-state index in [0.717, 1.165) is 48.1 Å². The van der Waals surface area contributed by atoms with Crippen LogP contribution in [0.1, 0.15) is 37.3 Å². The molecule has 39 heavy (non-hydrogen) atoms. The highest BCUT2D eigenvalue weighted by Crippen LogP contribution is 2.46. The summed E-state index contributed by atoms with van der Waals surface area (Å²) < 4.78 is 27.5. The van der Waals surface area contributed by atoms with Crippen LogP contribution in [0, 0.1) is 0 Å². The van der Waals surface area contributed by atoms with E-state index in [1.807, 2.05) is 42.5 Å². The first-order valence-corrected chi connectivity index (χ1v) is 14.7. The predicted molar refractivity (Wildman–Crippen MR) is 145 cm³/mol. The number of rotatable bonds is 5. The van der Waals surface area contributed by atoms with Gasteiger partial charge in [-0.25, -0.2) is 18.5 Å². The van der Waals surface area contributed by atoms with Crippen LogP contribution in [0.3, 0.4) is 0 Å². The van der Waals surface area contributed by atoms with E-state index in [1.165, 1.54) is 10.8 Å². The molecule has 3 atom stereocenters. The van der Waals surface area contributed by atoms with Gasteiger partial charge < -0.3 is 10.6 Å². The van der Waals surface area contributed by atoms with Crippen LogP contribution in [0.2, 0.25) is 0 Å². The van der Waals surface area contributed by atoms with Crippen molar-refractivity contribution in [1.82, 2.24) is 40.2 Å². The summed E-state index contributed by atoms with van der Waals surface area (Å²) in [6.07, 6.45) is 8.02. The smallest absolute Gasteiger partial charge is 0.243 e. The fourth-order valence-corrected chi connectivity index (χ4v) is 7.28. The molecule has 0 saturated carbocycles. The number of anilines is 2. The third kappa shape index (κ3) is 3.92. The normalized spacial score (nSPS) is 21.1. The van der Waals surface area contributed by atoms with E-state index >= 15 is 0 Å². The van der Waals surface area contributed by atoms with E-state index in [-0.39, 0.29) is 28.7 Å². The van der Waals surface area contributed by atoms with Gasteiger partial charge in [0.25, 0.3) is 0 Å². The van der Waals surface area contributed by atoms with E-state index in [1.54, 1.807) is 12.4 Å². The van der Waals surface area contributed by atoms with Gasteiger partial charge in [0.2, 0.25) is 5.95 Å². The highest BCUT2D eigenvalue weighted by Gasteiger charge is 2.44. The largest absolute Gasteiger partial charge is 0.382 e. The van der Waals surface area contributed by atoms with Crippen molar-refractivity contribution in [2.45, 2.75) is 48.6 Å². The van der Waals surface area contributed by atoms with Crippen molar-refractivity contribution in [1.29, 1.82) is 0 Å². The molecule has 2 fully saturated rings. The van der Waals surface area contributed by atoms with Gasteiger partial charge in [0.05, 0.1) is 17.6 Å². The zero-order chi connectivity index (χ0) is 26.7. The highest BCUT2D eigenvalue weighted by atomic mass is 32.2. The standard InChI is InChI=1S/C26H26N10O2S/c1-39(37,38)23-22(17-11-18-8-9-19(12-17)35(18)26-31-33-34-32-26)30-25-20(14-29-36(25)24(23)27)16-7-10-21(28-13-16)15-5-3-2-4-6-15/h2-7,10,13-14,17-19H,8-9,11-12,27H2,1H3,(H,31,32,33,34)/t17-,18+,19-. The van der Waals surface area contributed by atoms with Crippen LogP contribution in [-0.4, -0.2) is 67.0 Å². The number of nitrogens with zero attached hydrogens (tertiary/aromatic N) is 8. The average Bonchev–Trinajstić information content (AvgIpc) is 3.66. The molecule has 12 nitrogen and oxygen atoms in total. The van der Waals surface area contributed by atoms with E-state index in [0.29, 0.717) is 17.3 Å². The number of hydrogen-bond donors (Lipinski definition) is 2. The summed E-state index contributed by atoms with van der Waals surface area (Å²) in [6.45, 7) is 0. The lowest BCUT2D eigenvalue weighted by molar-refractivity contribution is 0.400. The molecule has 5 aromatic rings. The number of piperidine rings is 1. The maximum Gasteiger partial charge on any atom is 0.243 e. The van der Waals surface area contributed by atoms with Crippen molar-refractivity contribution < 1.29 is 8.42 Å². The molecule has 0 spiro atoms. The molecular formula is C26H26N10O2S. The number of aromatic nitrogens is 8. The summed E-state index contributed by atoms with van der Waals surface area (Å²) in [5, 5.41) is 18.9. The summed E-state index contributed by atoms with van der Waals surface area (Å²) in [6, 6.07) is 14.2. The topological polar surface area (TPSA) is 161 Å². The number of nitrogen functional groups attached to an aromatic ring is 1. The lowest BCUT2D eigenvalue weighted by Crippen LogP contribution is -2.43. The van der Waals surface area contributed by atoms with Crippen LogP contribution < -0.4 is 10.6 Å². The molecule has 0 amide bonds. The van der Waals surface area contributed by atoms with Crippen molar-refractivity contribution in [3.8, 4) is 22.4 Å². The Morgan fingerprint density at radius 3 is 2.41 bits per heavy atom. The zero-order valence-electron chi connectivity index (χ0n) is 21.1. The Hall–Kier alpha value is -4.39. The molecule has 2 aliphatic heterocycles. The monoisotopic (exact) mass is 542 g/mol. The van der Waals surface area contributed by atoms with Crippen molar-refractivity contribution in [2.75, 3.05) is 16.9 Å². The first kappa shape index (κ1) is 23.7. The lowest BCUT2D eigenvalue weighted by atomic mass is 9.88. The molecule has 0 unspecified atom stereocenters. The minimum Gasteiger partial charge on any atom is -0.382 e. The molecule has 198 valence electrons. The van der Waals surface area contributed by atoms with Crippen molar-refractivity contribution in [2.24, 2.45) is 0 Å². The van der Waals surface area contributed by atoms with Crippen molar-refractivity contribution in [3.05, 3.63) is 60.6 Å². The van der Waals surface area contributed by atoms with E-state index in [2.05, 4.69) is 35.6 Å². The van der Waals surface area contributed by atoms with Gasteiger partial charge in [-0.05, 0) is 42.2 Å². The molecule has 0 radical (unpaired) electrons. The number of sulfone groups is 1. The van der Waals surface area contributed by atoms with Crippen LogP contribution in [0.15, 0.2) is 59.8 Å². The van der Waals surface area contributed by atoms with Crippen LogP contribution in [0.25, 0.3) is 28.0 Å². The summed E-state index contributed by atoms with van der Waals surface area (Å²) in [7, 11) is -3.68. The van der Waals surface area contributed by atoms with E-state index < -0.39 is 9.84 Å².